The number of aromatic nitrogens is 2. The molecule has 0 unspecified atom stereocenters. The Kier molecular flexibility index (Phi) is 7.21. The van der Waals surface area contributed by atoms with Crippen LogP contribution in [0.4, 0.5) is 24.8 Å². The summed E-state index contributed by atoms with van der Waals surface area (Å²) in [5.41, 5.74) is 0.867. The van der Waals surface area contributed by atoms with Gasteiger partial charge in [-0.05, 0) is 53.9 Å². The standard InChI is InChI=1S/C24H26F3N5O3S/c1-31(2)23-13-17(9-11-28-23)16-3-6-19(7-4-16)36(34,35)32-12-10-20(21(33)15-32)30-22-8-5-18(14-29-22)24(25,26)27/h3-9,11,13-14,20-21,33H,10,12,15H2,1-2H3,(H,29,30)/t20-,21+/m1/s1. The van der Waals surface area contributed by atoms with Crippen LogP contribution < -0.4 is 10.2 Å². The number of nitrogens with zero attached hydrogens (tertiary/aromatic N) is 4. The number of hydrogen-bond acceptors (Lipinski definition) is 7. The Balaban J connectivity index is 1.42. The van der Waals surface area contributed by atoms with Gasteiger partial charge in [-0.3, -0.25) is 0 Å². The third-order valence-corrected chi connectivity index (χ3v) is 7.88. The number of β-amino-alcohol motifs (C(OH)–C–C–N with tert-alkyl or cyclic N) is 1. The zero-order chi connectivity index (χ0) is 26.1. The van der Waals surface area contributed by atoms with Gasteiger partial charge in [0.05, 0.1) is 22.6 Å². The summed E-state index contributed by atoms with van der Waals surface area (Å²) < 4.78 is 65.7. The Morgan fingerprint density at radius 2 is 1.78 bits per heavy atom. The highest BCUT2D eigenvalue weighted by Crippen LogP contribution is 2.30. The summed E-state index contributed by atoms with van der Waals surface area (Å²) in [6.45, 7) is -0.0189. The number of rotatable bonds is 6. The molecule has 4 rings (SSSR count). The Labute approximate surface area is 207 Å². The van der Waals surface area contributed by atoms with E-state index in [2.05, 4.69) is 15.3 Å². The molecule has 1 fully saturated rings. The second kappa shape index (κ2) is 10.0. The van der Waals surface area contributed by atoms with Crippen LogP contribution in [0.25, 0.3) is 11.1 Å². The Morgan fingerprint density at radius 3 is 2.36 bits per heavy atom. The molecule has 1 saturated heterocycles. The molecular weight excluding hydrogens is 495 g/mol. The number of anilines is 2. The topological polar surface area (TPSA) is 98.7 Å². The summed E-state index contributed by atoms with van der Waals surface area (Å²) in [7, 11) is -0.0817. The summed E-state index contributed by atoms with van der Waals surface area (Å²) in [4.78, 5) is 10.0. The van der Waals surface area contributed by atoms with Crippen LogP contribution in [0.3, 0.4) is 0 Å². The van der Waals surface area contributed by atoms with Gasteiger partial charge in [0.2, 0.25) is 10.0 Å². The second-order valence-electron chi connectivity index (χ2n) is 8.72. The van der Waals surface area contributed by atoms with Crippen molar-refractivity contribution < 1.29 is 26.7 Å². The second-order valence-corrected chi connectivity index (χ2v) is 10.7. The predicted octanol–water partition coefficient (Wildman–Crippen LogP) is 3.46. The molecule has 3 aromatic rings. The molecule has 0 radical (unpaired) electrons. The average Bonchev–Trinajstić information content (AvgIpc) is 2.85. The van der Waals surface area contributed by atoms with E-state index in [4.69, 9.17) is 0 Å². The third-order valence-electron chi connectivity index (χ3n) is 6.00. The van der Waals surface area contributed by atoms with Crippen molar-refractivity contribution in [3.8, 4) is 11.1 Å². The number of sulfonamides is 1. The van der Waals surface area contributed by atoms with Crippen LogP contribution in [0.2, 0.25) is 0 Å². The van der Waals surface area contributed by atoms with Crippen LogP contribution in [-0.4, -0.2) is 67.1 Å². The molecule has 0 aliphatic carbocycles. The molecule has 8 nitrogen and oxygen atoms in total. The summed E-state index contributed by atoms with van der Waals surface area (Å²) in [6.07, 6.45) is -2.90. The summed E-state index contributed by atoms with van der Waals surface area (Å²) in [5, 5.41) is 13.5. The number of aliphatic hydroxyl groups excluding tert-OH is 1. The predicted molar refractivity (Wildman–Crippen MR) is 130 cm³/mol. The molecule has 0 saturated carbocycles. The van der Waals surface area contributed by atoms with Gasteiger partial charge >= 0.3 is 6.18 Å². The van der Waals surface area contributed by atoms with Crippen LogP contribution in [0.15, 0.2) is 65.8 Å². The minimum atomic E-state index is -4.49. The molecule has 1 aliphatic rings. The van der Waals surface area contributed by atoms with Crippen molar-refractivity contribution in [2.24, 2.45) is 0 Å². The minimum Gasteiger partial charge on any atom is -0.390 e. The molecule has 2 N–H and O–H groups in total. The lowest BCUT2D eigenvalue weighted by molar-refractivity contribution is -0.137. The van der Waals surface area contributed by atoms with E-state index in [1.165, 1.54) is 22.5 Å². The van der Waals surface area contributed by atoms with Crippen molar-refractivity contribution in [1.29, 1.82) is 0 Å². The zero-order valence-corrected chi connectivity index (χ0v) is 20.5. The van der Waals surface area contributed by atoms with Gasteiger partial charge in [0.25, 0.3) is 0 Å². The van der Waals surface area contributed by atoms with Gasteiger partial charge in [0.15, 0.2) is 0 Å². The third kappa shape index (κ3) is 5.61. The van der Waals surface area contributed by atoms with E-state index >= 15 is 0 Å². The molecule has 2 atom stereocenters. The van der Waals surface area contributed by atoms with Gasteiger partial charge < -0.3 is 15.3 Å². The molecule has 1 aliphatic heterocycles. The molecule has 12 heteroatoms. The van der Waals surface area contributed by atoms with E-state index in [9.17, 15) is 26.7 Å². The lowest BCUT2D eigenvalue weighted by Gasteiger charge is -2.35. The van der Waals surface area contributed by atoms with E-state index in [-0.39, 0.29) is 30.2 Å². The molecule has 0 bridgehead atoms. The fraction of sp³-hybridized carbons (Fsp3) is 0.333. The molecule has 0 spiro atoms. The number of piperidine rings is 1. The Morgan fingerprint density at radius 1 is 1.06 bits per heavy atom. The molecule has 1 aromatic carbocycles. The first-order valence-corrected chi connectivity index (χ1v) is 12.6. The van der Waals surface area contributed by atoms with Gasteiger partial charge in [0, 0.05) is 39.6 Å². The maximum absolute atomic E-state index is 13.2. The molecule has 36 heavy (non-hydrogen) atoms. The molecule has 192 valence electrons. The number of halogens is 3. The number of nitrogens with one attached hydrogen (secondary N) is 1. The van der Waals surface area contributed by atoms with Crippen LogP contribution in [0, 0.1) is 0 Å². The molecule has 3 heterocycles. The summed E-state index contributed by atoms with van der Waals surface area (Å²) in [5.74, 6) is 0.952. The van der Waals surface area contributed by atoms with E-state index in [0.717, 1.165) is 23.0 Å². The molecule has 2 aromatic heterocycles. The number of benzene rings is 1. The van der Waals surface area contributed by atoms with Crippen molar-refractivity contribution in [1.82, 2.24) is 14.3 Å². The Bertz CT molecular complexity index is 1300. The number of pyridine rings is 2. The highest BCUT2D eigenvalue weighted by molar-refractivity contribution is 7.89. The monoisotopic (exact) mass is 521 g/mol. The SMILES string of the molecule is CN(C)c1cc(-c2ccc(S(=O)(=O)N3CC[C@@H](Nc4ccc(C(F)(F)F)cn4)[C@@H](O)C3)cc2)ccn1. The van der Waals surface area contributed by atoms with E-state index in [1.54, 1.807) is 18.3 Å². The first kappa shape index (κ1) is 25.9. The maximum Gasteiger partial charge on any atom is 0.417 e. The number of hydrogen-bond donors (Lipinski definition) is 2. The molecule has 0 amide bonds. The largest absolute Gasteiger partial charge is 0.417 e. The van der Waals surface area contributed by atoms with E-state index in [1.807, 2.05) is 31.1 Å². The van der Waals surface area contributed by atoms with Crippen LogP contribution >= 0.6 is 0 Å². The lowest BCUT2D eigenvalue weighted by atomic mass is 10.0. The first-order valence-electron chi connectivity index (χ1n) is 11.2. The quantitative estimate of drug-likeness (QED) is 0.513. The van der Waals surface area contributed by atoms with Crippen molar-refractivity contribution in [2.45, 2.75) is 29.6 Å². The average molecular weight is 522 g/mol. The fourth-order valence-electron chi connectivity index (χ4n) is 3.94. The summed E-state index contributed by atoms with van der Waals surface area (Å²) in [6, 6.07) is 11.8. The van der Waals surface area contributed by atoms with Crippen LogP contribution in [0.1, 0.15) is 12.0 Å². The van der Waals surface area contributed by atoms with Gasteiger partial charge in [-0.25, -0.2) is 18.4 Å². The van der Waals surface area contributed by atoms with Crippen molar-refractivity contribution >= 4 is 21.7 Å². The van der Waals surface area contributed by atoms with Gasteiger partial charge in [0.1, 0.15) is 11.6 Å². The van der Waals surface area contributed by atoms with Crippen LogP contribution in [-0.2, 0) is 16.2 Å². The maximum atomic E-state index is 13.2. The molecular formula is C24H26F3N5O3S. The highest BCUT2D eigenvalue weighted by Gasteiger charge is 2.35. The number of aliphatic hydroxyl groups is 1. The van der Waals surface area contributed by atoms with Crippen molar-refractivity contribution in [3.05, 3.63) is 66.5 Å². The van der Waals surface area contributed by atoms with Gasteiger partial charge in [-0.1, -0.05) is 12.1 Å². The fourth-order valence-corrected chi connectivity index (χ4v) is 5.41. The minimum absolute atomic E-state index is 0.108. The van der Waals surface area contributed by atoms with Gasteiger partial charge in [-0.15, -0.1) is 0 Å². The Hall–Kier alpha value is -3.22. The smallest absolute Gasteiger partial charge is 0.390 e. The highest BCUT2D eigenvalue weighted by atomic mass is 32.2. The van der Waals surface area contributed by atoms with Crippen LogP contribution in [0.5, 0.6) is 0 Å². The van der Waals surface area contributed by atoms with Crippen molar-refractivity contribution in [2.75, 3.05) is 37.4 Å². The van der Waals surface area contributed by atoms with Crippen molar-refractivity contribution in [3.63, 3.8) is 0 Å². The zero-order valence-electron chi connectivity index (χ0n) is 19.6. The van der Waals surface area contributed by atoms with Gasteiger partial charge in [-0.2, -0.15) is 17.5 Å². The normalized spacial score (nSPS) is 19.2. The number of alkyl halides is 3. The lowest BCUT2D eigenvalue weighted by Crippen LogP contribution is -2.51. The first-order chi connectivity index (χ1) is 16.9. The van der Waals surface area contributed by atoms with E-state index < -0.39 is 33.9 Å². The summed E-state index contributed by atoms with van der Waals surface area (Å²) >= 11 is 0. The van der Waals surface area contributed by atoms with E-state index in [0.29, 0.717) is 6.20 Å².